The molecule has 0 fully saturated rings. The monoisotopic (exact) mass is 507 g/mol. The van der Waals surface area contributed by atoms with Gasteiger partial charge in [0, 0.05) is 34.8 Å². The van der Waals surface area contributed by atoms with Crippen molar-refractivity contribution in [1.82, 2.24) is 20.2 Å². The lowest BCUT2D eigenvalue weighted by atomic mass is 9.90. The number of anilines is 2. The Kier molecular flexibility index (Phi) is 7.39. The van der Waals surface area contributed by atoms with Crippen LogP contribution in [0.4, 0.5) is 16.3 Å². The molecule has 10 nitrogen and oxygen atoms in total. The number of pyridine rings is 2. The van der Waals surface area contributed by atoms with Crippen molar-refractivity contribution < 1.29 is 14.3 Å². The summed E-state index contributed by atoms with van der Waals surface area (Å²) >= 11 is 0. The summed E-state index contributed by atoms with van der Waals surface area (Å²) in [6.07, 6.45) is 4.10. The Bertz CT molecular complexity index is 1560. The standard InChI is InChI=1S/C28H25N7O3/c1-17-5-6-21(33-26(36)19-8-9-30-24(12-19)28(2,3)16-29)14-22(17)23-11-20(15-32-35-23)18-7-10-31-25(13-18)34-27(37)38-4/h5-15H,1-4H3,(H,33,36)(H,31,34,37). The van der Waals surface area contributed by atoms with Crippen molar-refractivity contribution in [3.63, 3.8) is 0 Å². The number of aromatic nitrogens is 4. The maximum absolute atomic E-state index is 13.0. The second kappa shape index (κ2) is 10.8. The zero-order valence-electron chi connectivity index (χ0n) is 21.3. The van der Waals surface area contributed by atoms with Crippen molar-refractivity contribution in [1.29, 1.82) is 5.26 Å². The molecule has 0 aliphatic rings. The molecular weight excluding hydrogens is 482 g/mol. The molecule has 0 unspecified atom stereocenters. The predicted octanol–water partition coefficient (Wildman–Crippen LogP) is 5.14. The highest BCUT2D eigenvalue weighted by Gasteiger charge is 2.22. The van der Waals surface area contributed by atoms with Crippen LogP contribution >= 0.6 is 0 Å². The lowest BCUT2D eigenvalue weighted by Crippen LogP contribution is -2.18. The average molecular weight is 508 g/mol. The van der Waals surface area contributed by atoms with Crippen molar-refractivity contribution in [3.8, 4) is 28.5 Å². The summed E-state index contributed by atoms with van der Waals surface area (Å²) in [6, 6.07) is 16.3. The number of nitriles is 1. The number of nitrogens with zero attached hydrogens (tertiary/aromatic N) is 5. The molecule has 0 radical (unpaired) electrons. The second-order valence-corrected chi connectivity index (χ2v) is 9.03. The molecule has 190 valence electrons. The van der Waals surface area contributed by atoms with Crippen LogP contribution in [-0.4, -0.2) is 39.3 Å². The van der Waals surface area contributed by atoms with Gasteiger partial charge in [0.15, 0.2) is 0 Å². The van der Waals surface area contributed by atoms with E-state index in [-0.39, 0.29) is 5.91 Å². The Morgan fingerprint density at radius 3 is 2.53 bits per heavy atom. The molecule has 0 bridgehead atoms. The summed E-state index contributed by atoms with van der Waals surface area (Å²) in [4.78, 5) is 32.9. The van der Waals surface area contributed by atoms with E-state index in [2.05, 4.69) is 41.6 Å². The zero-order chi connectivity index (χ0) is 27.3. The SMILES string of the molecule is COC(=O)Nc1cc(-c2cnnc(-c3cc(NC(=O)c4ccnc(C(C)(C)C#N)c4)ccc3C)c2)ccn1. The summed E-state index contributed by atoms with van der Waals surface area (Å²) in [5.41, 5.74) is 4.57. The van der Waals surface area contributed by atoms with Gasteiger partial charge in [0.1, 0.15) is 5.82 Å². The molecule has 0 spiro atoms. The van der Waals surface area contributed by atoms with Crippen LogP contribution in [0, 0.1) is 18.3 Å². The van der Waals surface area contributed by atoms with Crippen LogP contribution in [0.2, 0.25) is 0 Å². The fraction of sp³-hybridized carbons (Fsp3) is 0.179. The van der Waals surface area contributed by atoms with E-state index in [0.717, 1.165) is 22.3 Å². The molecule has 2 amide bonds. The molecule has 2 N–H and O–H groups in total. The first kappa shape index (κ1) is 25.9. The third-order valence-electron chi connectivity index (χ3n) is 5.88. The van der Waals surface area contributed by atoms with Gasteiger partial charge in [-0.1, -0.05) is 6.07 Å². The van der Waals surface area contributed by atoms with Gasteiger partial charge in [0.2, 0.25) is 0 Å². The molecule has 0 saturated carbocycles. The third kappa shape index (κ3) is 5.79. The van der Waals surface area contributed by atoms with Gasteiger partial charge in [-0.05, 0) is 74.4 Å². The maximum Gasteiger partial charge on any atom is 0.412 e. The van der Waals surface area contributed by atoms with Crippen molar-refractivity contribution in [2.24, 2.45) is 0 Å². The zero-order valence-corrected chi connectivity index (χ0v) is 21.3. The number of benzene rings is 1. The van der Waals surface area contributed by atoms with Gasteiger partial charge in [-0.25, -0.2) is 9.78 Å². The number of amides is 2. The highest BCUT2D eigenvalue weighted by molar-refractivity contribution is 6.04. The van der Waals surface area contributed by atoms with E-state index in [1.807, 2.05) is 31.2 Å². The van der Waals surface area contributed by atoms with Crippen LogP contribution in [0.15, 0.2) is 67.1 Å². The summed E-state index contributed by atoms with van der Waals surface area (Å²) < 4.78 is 4.62. The molecule has 10 heteroatoms. The van der Waals surface area contributed by atoms with Crippen LogP contribution in [-0.2, 0) is 10.2 Å². The summed E-state index contributed by atoms with van der Waals surface area (Å²) in [7, 11) is 1.28. The van der Waals surface area contributed by atoms with Crippen LogP contribution in [0.1, 0.15) is 35.5 Å². The van der Waals surface area contributed by atoms with Gasteiger partial charge in [-0.2, -0.15) is 15.5 Å². The number of nitrogens with one attached hydrogen (secondary N) is 2. The Morgan fingerprint density at radius 1 is 0.974 bits per heavy atom. The third-order valence-corrected chi connectivity index (χ3v) is 5.88. The second-order valence-electron chi connectivity index (χ2n) is 9.03. The predicted molar refractivity (Wildman–Crippen MR) is 142 cm³/mol. The van der Waals surface area contributed by atoms with Crippen LogP contribution < -0.4 is 10.6 Å². The number of carbonyl (C=O) groups is 2. The molecule has 38 heavy (non-hydrogen) atoms. The number of hydrogen-bond acceptors (Lipinski definition) is 8. The fourth-order valence-electron chi connectivity index (χ4n) is 3.64. The smallest absolute Gasteiger partial charge is 0.412 e. The molecule has 0 atom stereocenters. The van der Waals surface area contributed by atoms with Gasteiger partial charge in [0.25, 0.3) is 5.91 Å². The van der Waals surface area contributed by atoms with Crippen molar-refractivity contribution in [2.45, 2.75) is 26.2 Å². The highest BCUT2D eigenvalue weighted by atomic mass is 16.5. The maximum atomic E-state index is 13.0. The fourth-order valence-corrected chi connectivity index (χ4v) is 3.64. The number of hydrogen-bond donors (Lipinski definition) is 2. The van der Waals surface area contributed by atoms with Crippen LogP contribution in [0.3, 0.4) is 0 Å². The molecule has 3 aromatic heterocycles. The molecule has 3 heterocycles. The topological polar surface area (TPSA) is 143 Å². The van der Waals surface area contributed by atoms with E-state index < -0.39 is 11.5 Å². The Labute approximate surface area is 219 Å². The molecule has 4 rings (SSSR count). The Balaban J connectivity index is 1.60. The number of aryl methyl sites for hydroxylation is 1. The first-order valence-corrected chi connectivity index (χ1v) is 11.6. The molecule has 0 saturated heterocycles. The normalized spacial score (nSPS) is 10.8. The van der Waals surface area contributed by atoms with Gasteiger partial charge in [-0.3, -0.25) is 15.1 Å². The minimum Gasteiger partial charge on any atom is -0.453 e. The van der Waals surface area contributed by atoms with Crippen molar-refractivity contribution >= 4 is 23.5 Å². The number of ether oxygens (including phenoxy) is 1. The first-order chi connectivity index (χ1) is 18.2. The van der Waals surface area contributed by atoms with Crippen LogP contribution in [0.5, 0.6) is 0 Å². The summed E-state index contributed by atoms with van der Waals surface area (Å²) in [5.74, 6) is 0.0190. The molecule has 4 aromatic rings. The first-order valence-electron chi connectivity index (χ1n) is 11.6. The minimum absolute atomic E-state index is 0.320. The average Bonchev–Trinajstić information content (AvgIpc) is 2.94. The summed E-state index contributed by atoms with van der Waals surface area (Å²) in [6.45, 7) is 5.45. The van der Waals surface area contributed by atoms with Crippen molar-refractivity contribution in [3.05, 3.63) is 83.9 Å². The molecular formula is C28H25N7O3. The van der Waals surface area contributed by atoms with E-state index in [1.165, 1.54) is 13.3 Å². The van der Waals surface area contributed by atoms with Crippen molar-refractivity contribution in [2.75, 3.05) is 17.7 Å². The van der Waals surface area contributed by atoms with E-state index in [0.29, 0.717) is 28.5 Å². The number of rotatable bonds is 6. The van der Waals surface area contributed by atoms with E-state index in [9.17, 15) is 14.9 Å². The van der Waals surface area contributed by atoms with Gasteiger partial charge < -0.3 is 10.1 Å². The largest absolute Gasteiger partial charge is 0.453 e. The summed E-state index contributed by atoms with van der Waals surface area (Å²) in [5, 5.41) is 23.3. The van der Waals surface area contributed by atoms with Gasteiger partial charge >= 0.3 is 6.09 Å². The number of carbonyl (C=O) groups excluding carboxylic acids is 2. The van der Waals surface area contributed by atoms with E-state index >= 15 is 0 Å². The lowest BCUT2D eigenvalue weighted by Gasteiger charge is -2.15. The quantitative estimate of drug-likeness (QED) is 0.365. The Hall–Kier alpha value is -5.17. The molecule has 0 aliphatic heterocycles. The van der Waals surface area contributed by atoms with Gasteiger partial charge in [-0.15, -0.1) is 0 Å². The minimum atomic E-state index is -0.818. The number of methoxy groups -OCH3 is 1. The Morgan fingerprint density at radius 2 is 1.76 bits per heavy atom. The van der Waals surface area contributed by atoms with Gasteiger partial charge in [0.05, 0.1) is 36.2 Å². The molecule has 0 aliphatic carbocycles. The highest BCUT2D eigenvalue weighted by Crippen LogP contribution is 2.29. The van der Waals surface area contributed by atoms with E-state index in [1.54, 1.807) is 50.5 Å². The molecule has 1 aromatic carbocycles. The lowest BCUT2D eigenvalue weighted by molar-refractivity contribution is 0.102. The van der Waals surface area contributed by atoms with E-state index in [4.69, 9.17) is 0 Å². The van der Waals surface area contributed by atoms with Crippen LogP contribution in [0.25, 0.3) is 22.4 Å².